The SMILES string of the molecule is COc1ccccc1N=CC(=NN)c1ccc(C)cc1. The molecule has 0 amide bonds. The lowest BCUT2D eigenvalue weighted by molar-refractivity contribution is 0.416. The van der Waals surface area contributed by atoms with Gasteiger partial charge in [0.1, 0.15) is 17.1 Å². The van der Waals surface area contributed by atoms with Crippen molar-refractivity contribution in [3.63, 3.8) is 0 Å². The molecular formula is C16H17N3O. The molecule has 2 aromatic carbocycles. The van der Waals surface area contributed by atoms with Gasteiger partial charge in [0, 0.05) is 5.56 Å². The van der Waals surface area contributed by atoms with E-state index in [9.17, 15) is 0 Å². The Labute approximate surface area is 118 Å². The van der Waals surface area contributed by atoms with Gasteiger partial charge in [-0.2, -0.15) is 5.10 Å². The number of aryl methyl sites for hydroxylation is 1. The van der Waals surface area contributed by atoms with E-state index in [1.807, 2.05) is 55.5 Å². The molecule has 102 valence electrons. The molecular weight excluding hydrogens is 250 g/mol. The van der Waals surface area contributed by atoms with E-state index >= 15 is 0 Å². The van der Waals surface area contributed by atoms with Crippen molar-refractivity contribution in [1.29, 1.82) is 0 Å². The number of aliphatic imine (C=N–C) groups is 1. The highest BCUT2D eigenvalue weighted by Crippen LogP contribution is 2.25. The first kappa shape index (κ1) is 13.8. The van der Waals surface area contributed by atoms with Crippen LogP contribution in [0.15, 0.2) is 58.6 Å². The van der Waals surface area contributed by atoms with Crippen molar-refractivity contribution >= 4 is 17.6 Å². The fourth-order valence-electron chi connectivity index (χ4n) is 1.77. The number of nitrogens with zero attached hydrogens (tertiary/aromatic N) is 2. The van der Waals surface area contributed by atoms with E-state index in [-0.39, 0.29) is 0 Å². The first-order chi connectivity index (χ1) is 9.74. The quantitative estimate of drug-likeness (QED) is 0.525. The maximum Gasteiger partial charge on any atom is 0.144 e. The fraction of sp³-hybridized carbons (Fsp3) is 0.125. The summed E-state index contributed by atoms with van der Waals surface area (Å²) in [6.45, 7) is 2.03. The molecule has 0 fully saturated rings. The highest BCUT2D eigenvalue weighted by atomic mass is 16.5. The van der Waals surface area contributed by atoms with Gasteiger partial charge >= 0.3 is 0 Å². The molecule has 0 spiro atoms. The third-order valence-electron chi connectivity index (χ3n) is 2.90. The standard InChI is InChI=1S/C16H17N3O/c1-12-7-9-13(10-8-12)15(19-17)11-18-14-5-3-4-6-16(14)20-2/h3-11H,17H2,1-2H3. The third kappa shape index (κ3) is 3.23. The van der Waals surface area contributed by atoms with Crippen LogP contribution in [0.25, 0.3) is 0 Å². The molecule has 0 atom stereocenters. The van der Waals surface area contributed by atoms with Gasteiger partial charge in [-0.05, 0) is 19.1 Å². The molecule has 2 rings (SSSR count). The van der Waals surface area contributed by atoms with E-state index in [1.54, 1.807) is 13.3 Å². The van der Waals surface area contributed by atoms with Crippen LogP contribution >= 0.6 is 0 Å². The summed E-state index contributed by atoms with van der Waals surface area (Å²) in [5, 5.41) is 3.79. The molecule has 4 heteroatoms. The van der Waals surface area contributed by atoms with Crippen molar-refractivity contribution in [2.75, 3.05) is 7.11 Å². The monoisotopic (exact) mass is 267 g/mol. The molecule has 2 aromatic rings. The van der Waals surface area contributed by atoms with Crippen LogP contribution in [-0.2, 0) is 0 Å². The van der Waals surface area contributed by atoms with Gasteiger partial charge in [-0.1, -0.05) is 42.0 Å². The zero-order chi connectivity index (χ0) is 14.4. The van der Waals surface area contributed by atoms with Crippen LogP contribution < -0.4 is 10.6 Å². The highest BCUT2D eigenvalue weighted by molar-refractivity contribution is 6.38. The van der Waals surface area contributed by atoms with Gasteiger partial charge in [-0.15, -0.1) is 0 Å². The Morgan fingerprint density at radius 3 is 2.45 bits per heavy atom. The van der Waals surface area contributed by atoms with Crippen LogP contribution in [0.2, 0.25) is 0 Å². The van der Waals surface area contributed by atoms with Crippen molar-refractivity contribution in [3.05, 3.63) is 59.7 Å². The summed E-state index contributed by atoms with van der Waals surface area (Å²) in [6.07, 6.45) is 1.64. The average molecular weight is 267 g/mol. The number of hydrazone groups is 1. The van der Waals surface area contributed by atoms with E-state index < -0.39 is 0 Å². The highest BCUT2D eigenvalue weighted by Gasteiger charge is 2.02. The molecule has 0 unspecified atom stereocenters. The second-order valence-corrected chi connectivity index (χ2v) is 4.31. The summed E-state index contributed by atoms with van der Waals surface area (Å²) in [5.74, 6) is 6.16. The molecule has 0 saturated heterocycles. The topological polar surface area (TPSA) is 60.0 Å². The van der Waals surface area contributed by atoms with Crippen molar-refractivity contribution in [2.45, 2.75) is 6.92 Å². The lowest BCUT2D eigenvalue weighted by Crippen LogP contribution is -2.05. The fourth-order valence-corrected chi connectivity index (χ4v) is 1.77. The lowest BCUT2D eigenvalue weighted by Gasteiger charge is -2.04. The van der Waals surface area contributed by atoms with Gasteiger partial charge in [-0.25, -0.2) is 0 Å². The van der Waals surface area contributed by atoms with E-state index in [1.165, 1.54) is 5.56 Å². The van der Waals surface area contributed by atoms with Crippen LogP contribution in [0, 0.1) is 6.92 Å². The molecule has 2 N–H and O–H groups in total. The van der Waals surface area contributed by atoms with Crippen molar-refractivity contribution < 1.29 is 4.74 Å². The minimum Gasteiger partial charge on any atom is -0.494 e. The van der Waals surface area contributed by atoms with Crippen LogP contribution in [0.1, 0.15) is 11.1 Å². The first-order valence-electron chi connectivity index (χ1n) is 6.26. The smallest absolute Gasteiger partial charge is 0.144 e. The molecule has 20 heavy (non-hydrogen) atoms. The predicted molar refractivity (Wildman–Crippen MR) is 83.0 cm³/mol. The van der Waals surface area contributed by atoms with Crippen molar-refractivity contribution in [3.8, 4) is 5.75 Å². The summed E-state index contributed by atoms with van der Waals surface area (Å²) in [6, 6.07) is 15.5. The molecule has 0 saturated carbocycles. The van der Waals surface area contributed by atoms with Crippen LogP contribution in [-0.4, -0.2) is 19.0 Å². The van der Waals surface area contributed by atoms with Crippen molar-refractivity contribution in [1.82, 2.24) is 0 Å². The number of ether oxygens (including phenoxy) is 1. The molecule has 0 aromatic heterocycles. The van der Waals surface area contributed by atoms with Crippen LogP contribution in [0.4, 0.5) is 5.69 Å². The van der Waals surface area contributed by atoms with Gasteiger partial charge < -0.3 is 10.6 Å². The Balaban J connectivity index is 2.26. The molecule has 0 bridgehead atoms. The molecule has 0 radical (unpaired) electrons. The number of benzene rings is 2. The normalized spacial score (nSPS) is 11.8. The molecule has 0 aliphatic heterocycles. The summed E-state index contributed by atoms with van der Waals surface area (Å²) in [7, 11) is 1.62. The Hall–Kier alpha value is -2.62. The number of rotatable bonds is 4. The number of hydrogen-bond donors (Lipinski definition) is 1. The van der Waals surface area contributed by atoms with E-state index in [4.69, 9.17) is 10.6 Å². The summed E-state index contributed by atoms with van der Waals surface area (Å²) in [5.41, 5.74) is 3.47. The molecule has 0 heterocycles. The summed E-state index contributed by atoms with van der Waals surface area (Å²) >= 11 is 0. The average Bonchev–Trinajstić information content (AvgIpc) is 2.50. The van der Waals surface area contributed by atoms with E-state index in [2.05, 4.69) is 10.1 Å². The van der Waals surface area contributed by atoms with Gasteiger partial charge in [0.25, 0.3) is 0 Å². The minimum absolute atomic E-state index is 0.621. The second-order valence-electron chi connectivity index (χ2n) is 4.31. The third-order valence-corrected chi connectivity index (χ3v) is 2.90. The zero-order valence-corrected chi connectivity index (χ0v) is 11.6. The van der Waals surface area contributed by atoms with Gasteiger partial charge in [0.05, 0.1) is 13.3 Å². The Morgan fingerprint density at radius 1 is 1.10 bits per heavy atom. The largest absolute Gasteiger partial charge is 0.494 e. The lowest BCUT2D eigenvalue weighted by atomic mass is 10.1. The molecule has 0 aliphatic rings. The number of para-hydroxylation sites is 2. The molecule has 0 aliphatic carbocycles. The first-order valence-corrected chi connectivity index (χ1v) is 6.26. The van der Waals surface area contributed by atoms with Gasteiger partial charge in [0.2, 0.25) is 0 Å². The maximum absolute atomic E-state index is 5.44. The van der Waals surface area contributed by atoms with Crippen LogP contribution in [0.5, 0.6) is 5.75 Å². The summed E-state index contributed by atoms with van der Waals surface area (Å²) < 4.78 is 5.25. The number of hydrogen-bond acceptors (Lipinski definition) is 4. The maximum atomic E-state index is 5.44. The van der Waals surface area contributed by atoms with Crippen molar-refractivity contribution in [2.24, 2.45) is 15.9 Å². The minimum atomic E-state index is 0.621. The van der Waals surface area contributed by atoms with E-state index in [0.717, 1.165) is 11.3 Å². The predicted octanol–water partition coefficient (Wildman–Crippen LogP) is 3.07. The van der Waals surface area contributed by atoms with Gasteiger partial charge in [0.15, 0.2) is 0 Å². The van der Waals surface area contributed by atoms with Gasteiger partial charge in [-0.3, -0.25) is 4.99 Å². The number of nitrogens with two attached hydrogens (primary N) is 1. The Kier molecular flexibility index (Phi) is 4.50. The van der Waals surface area contributed by atoms with Crippen LogP contribution in [0.3, 0.4) is 0 Å². The Morgan fingerprint density at radius 2 is 1.80 bits per heavy atom. The summed E-state index contributed by atoms with van der Waals surface area (Å²) in [4.78, 5) is 4.39. The van der Waals surface area contributed by atoms with E-state index in [0.29, 0.717) is 11.5 Å². The number of methoxy groups -OCH3 is 1. The Bertz CT molecular complexity index is 630. The second kappa shape index (κ2) is 6.52. The molecule has 4 nitrogen and oxygen atoms in total. The zero-order valence-electron chi connectivity index (χ0n) is 11.6.